The zero-order valence-electron chi connectivity index (χ0n) is 6.62. The van der Waals surface area contributed by atoms with Crippen molar-refractivity contribution < 1.29 is 9.59 Å². The number of imide groups is 1. The lowest BCUT2D eigenvalue weighted by Crippen LogP contribution is -2.28. The molecule has 0 saturated heterocycles. The van der Waals surface area contributed by atoms with E-state index in [0.717, 1.165) is 11.5 Å². The number of amides is 2. The molecule has 0 aliphatic rings. The number of carbonyl (C=O) groups excluding carboxylic acids is 2. The van der Waals surface area contributed by atoms with E-state index >= 15 is 0 Å². The predicted octanol–water partition coefficient (Wildman–Crippen LogP) is 0.123. The molecule has 5 nitrogen and oxygen atoms in total. The minimum absolute atomic E-state index is 0.218. The van der Waals surface area contributed by atoms with E-state index in [4.69, 9.17) is 0 Å². The van der Waals surface area contributed by atoms with Gasteiger partial charge in [0.1, 0.15) is 0 Å². The maximum Gasteiger partial charge on any atom is 0.279 e. The summed E-state index contributed by atoms with van der Waals surface area (Å²) in [6.07, 6.45) is 0. The smallest absolute Gasteiger partial charge is 0.279 e. The van der Waals surface area contributed by atoms with E-state index in [2.05, 4.69) is 14.9 Å². The fraction of sp³-hybridized carbons (Fsp3) is 0.333. The van der Waals surface area contributed by atoms with E-state index < -0.39 is 11.8 Å². The normalized spacial score (nSPS) is 9.50. The summed E-state index contributed by atoms with van der Waals surface area (Å²) in [5.41, 5.74) is 0.218. The summed E-state index contributed by atoms with van der Waals surface area (Å²) in [4.78, 5) is 22.3. The molecule has 1 aromatic heterocycles. The molecule has 1 rings (SSSR count). The van der Waals surface area contributed by atoms with Crippen LogP contribution in [0.4, 0.5) is 0 Å². The van der Waals surface area contributed by atoms with Crippen molar-refractivity contribution in [3.63, 3.8) is 0 Å². The molecule has 6 heteroatoms. The summed E-state index contributed by atoms with van der Waals surface area (Å²) in [5, 5.41) is 5.69. The maximum absolute atomic E-state index is 11.1. The highest BCUT2D eigenvalue weighted by Crippen LogP contribution is 2.06. The molecule has 1 N–H and O–H groups in total. The average Bonchev–Trinajstić information content (AvgIpc) is 2.33. The quantitative estimate of drug-likeness (QED) is 0.674. The molecule has 0 radical (unpaired) electrons. The molecule has 2 amide bonds. The van der Waals surface area contributed by atoms with Gasteiger partial charge in [0.25, 0.3) is 5.91 Å². The molecule has 0 spiro atoms. The van der Waals surface area contributed by atoms with Crippen LogP contribution in [0.15, 0.2) is 0 Å². The van der Waals surface area contributed by atoms with Gasteiger partial charge < -0.3 is 0 Å². The summed E-state index contributed by atoms with van der Waals surface area (Å²) >= 11 is 1.13. The van der Waals surface area contributed by atoms with E-state index in [1.54, 1.807) is 6.92 Å². The zero-order chi connectivity index (χ0) is 9.14. The van der Waals surface area contributed by atoms with Crippen LogP contribution in [-0.4, -0.2) is 21.4 Å². The van der Waals surface area contributed by atoms with Crippen LogP contribution in [0.25, 0.3) is 0 Å². The van der Waals surface area contributed by atoms with E-state index in [0.29, 0.717) is 4.88 Å². The first-order valence-corrected chi connectivity index (χ1v) is 3.99. The van der Waals surface area contributed by atoms with Gasteiger partial charge >= 0.3 is 0 Å². The molecular formula is C6H7N3O2S. The molecule has 0 fully saturated rings. The standard InChI is InChI=1S/C6H7N3O2S/c1-3-5(8-9-12-3)6(11)7-4(2)10/h1-2H3,(H,7,10,11). The molecule has 0 aliphatic heterocycles. The highest BCUT2D eigenvalue weighted by atomic mass is 32.1. The van der Waals surface area contributed by atoms with E-state index in [1.165, 1.54) is 6.92 Å². The Kier molecular flexibility index (Phi) is 2.49. The minimum Gasteiger partial charge on any atom is -0.291 e. The van der Waals surface area contributed by atoms with Crippen molar-refractivity contribution in [2.45, 2.75) is 13.8 Å². The highest BCUT2D eigenvalue weighted by molar-refractivity contribution is 7.05. The molecule has 0 aromatic carbocycles. The second-order valence-electron chi connectivity index (χ2n) is 2.19. The zero-order valence-corrected chi connectivity index (χ0v) is 7.44. The van der Waals surface area contributed by atoms with Crippen LogP contribution in [0.2, 0.25) is 0 Å². The van der Waals surface area contributed by atoms with Crippen LogP contribution >= 0.6 is 11.5 Å². The van der Waals surface area contributed by atoms with Crippen LogP contribution in [0, 0.1) is 6.92 Å². The second kappa shape index (κ2) is 3.40. The Morgan fingerprint density at radius 1 is 1.50 bits per heavy atom. The van der Waals surface area contributed by atoms with Gasteiger partial charge in [0.15, 0.2) is 5.69 Å². The first-order valence-electron chi connectivity index (χ1n) is 3.22. The summed E-state index contributed by atoms with van der Waals surface area (Å²) in [7, 11) is 0. The molecule has 0 saturated carbocycles. The molecule has 0 unspecified atom stereocenters. The summed E-state index contributed by atoms with van der Waals surface area (Å²) in [5.74, 6) is -0.888. The second-order valence-corrected chi connectivity index (χ2v) is 3.15. The number of hydrogen-bond donors (Lipinski definition) is 1. The van der Waals surface area contributed by atoms with Gasteiger partial charge in [0, 0.05) is 6.92 Å². The molecular weight excluding hydrogens is 178 g/mol. The van der Waals surface area contributed by atoms with Crippen LogP contribution < -0.4 is 5.32 Å². The lowest BCUT2D eigenvalue weighted by Gasteiger charge is -1.95. The van der Waals surface area contributed by atoms with Crippen molar-refractivity contribution in [3.05, 3.63) is 10.6 Å². The number of hydrogen-bond acceptors (Lipinski definition) is 5. The van der Waals surface area contributed by atoms with Crippen molar-refractivity contribution in [3.8, 4) is 0 Å². The Bertz CT molecular complexity index is 320. The summed E-state index contributed by atoms with van der Waals surface area (Å²) < 4.78 is 3.57. The Morgan fingerprint density at radius 3 is 2.58 bits per heavy atom. The molecule has 0 atom stereocenters. The van der Waals surface area contributed by atoms with Crippen molar-refractivity contribution in [2.75, 3.05) is 0 Å². The van der Waals surface area contributed by atoms with Gasteiger partial charge in [-0.1, -0.05) is 4.49 Å². The van der Waals surface area contributed by atoms with Gasteiger partial charge in [-0.2, -0.15) is 0 Å². The van der Waals surface area contributed by atoms with Crippen molar-refractivity contribution in [1.29, 1.82) is 0 Å². The maximum atomic E-state index is 11.1. The Labute approximate surface area is 73.0 Å². The van der Waals surface area contributed by atoms with Crippen molar-refractivity contribution >= 4 is 23.3 Å². The van der Waals surface area contributed by atoms with Gasteiger partial charge in [-0.3, -0.25) is 14.9 Å². The Morgan fingerprint density at radius 2 is 2.17 bits per heavy atom. The van der Waals surface area contributed by atoms with Gasteiger partial charge in [0.05, 0.1) is 4.88 Å². The highest BCUT2D eigenvalue weighted by Gasteiger charge is 2.13. The number of rotatable bonds is 1. The fourth-order valence-electron chi connectivity index (χ4n) is 0.660. The number of nitrogens with zero attached hydrogens (tertiary/aromatic N) is 2. The SMILES string of the molecule is CC(=O)NC(=O)c1nnsc1C. The minimum atomic E-state index is -0.492. The third-order valence-electron chi connectivity index (χ3n) is 1.16. The third kappa shape index (κ3) is 1.85. The van der Waals surface area contributed by atoms with E-state index in [1.807, 2.05) is 0 Å². The molecule has 64 valence electrons. The van der Waals surface area contributed by atoms with Gasteiger partial charge in [-0.25, -0.2) is 0 Å². The molecule has 0 aliphatic carbocycles. The lowest BCUT2D eigenvalue weighted by atomic mass is 10.3. The topological polar surface area (TPSA) is 72.0 Å². The first-order chi connectivity index (χ1) is 5.61. The van der Waals surface area contributed by atoms with Crippen LogP contribution in [0.3, 0.4) is 0 Å². The predicted molar refractivity (Wildman–Crippen MR) is 42.8 cm³/mol. The fourth-order valence-corrected chi connectivity index (χ4v) is 1.13. The third-order valence-corrected chi connectivity index (χ3v) is 1.79. The first kappa shape index (κ1) is 8.79. The van der Waals surface area contributed by atoms with E-state index in [-0.39, 0.29) is 5.69 Å². The largest absolute Gasteiger partial charge is 0.291 e. The Balaban J connectivity index is 2.78. The van der Waals surface area contributed by atoms with Crippen molar-refractivity contribution in [2.24, 2.45) is 0 Å². The van der Waals surface area contributed by atoms with Gasteiger partial charge in [-0.05, 0) is 18.5 Å². The molecule has 1 aromatic rings. The van der Waals surface area contributed by atoms with E-state index in [9.17, 15) is 9.59 Å². The summed E-state index contributed by atoms with van der Waals surface area (Å²) in [6, 6.07) is 0. The van der Waals surface area contributed by atoms with Crippen molar-refractivity contribution in [1.82, 2.24) is 14.9 Å². The number of carbonyl (C=O) groups is 2. The monoisotopic (exact) mass is 185 g/mol. The molecule has 0 bridgehead atoms. The lowest BCUT2D eigenvalue weighted by molar-refractivity contribution is -0.118. The summed E-state index contributed by atoms with van der Waals surface area (Å²) in [6.45, 7) is 2.99. The average molecular weight is 185 g/mol. The van der Waals surface area contributed by atoms with Crippen LogP contribution in [0.5, 0.6) is 0 Å². The number of aromatic nitrogens is 2. The molecule has 12 heavy (non-hydrogen) atoms. The van der Waals surface area contributed by atoms with Gasteiger partial charge in [0.2, 0.25) is 5.91 Å². The van der Waals surface area contributed by atoms with Gasteiger partial charge in [-0.15, -0.1) is 5.10 Å². The molecule has 1 heterocycles. The van der Waals surface area contributed by atoms with Crippen LogP contribution in [0.1, 0.15) is 22.3 Å². The Hall–Kier alpha value is -1.30. The van der Waals surface area contributed by atoms with Crippen LogP contribution in [-0.2, 0) is 4.79 Å². The number of nitrogens with one attached hydrogen (secondary N) is 1. The number of aryl methyl sites for hydroxylation is 1.